The number of carbonyl (C=O) groups is 2. The van der Waals surface area contributed by atoms with Gasteiger partial charge in [0.25, 0.3) is 0 Å². The second kappa shape index (κ2) is 6.73. The minimum Gasteiger partial charge on any atom is -0.395 e. The zero-order valence-corrected chi connectivity index (χ0v) is 15.1. The van der Waals surface area contributed by atoms with E-state index in [1.807, 2.05) is 12.1 Å². The first-order valence-corrected chi connectivity index (χ1v) is 9.37. The van der Waals surface area contributed by atoms with Gasteiger partial charge in [0, 0.05) is 21.7 Å². The van der Waals surface area contributed by atoms with Crippen LogP contribution in [0.4, 0.5) is 0 Å². The van der Waals surface area contributed by atoms with Gasteiger partial charge in [-0.1, -0.05) is 48.0 Å². The second-order valence-corrected chi connectivity index (χ2v) is 7.57. The smallest absolute Gasteiger partial charge is 0.209 e. The van der Waals surface area contributed by atoms with Gasteiger partial charge in [-0.15, -0.1) is 0 Å². The summed E-state index contributed by atoms with van der Waals surface area (Å²) >= 11 is 5.97. The Labute approximate surface area is 157 Å². The van der Waals surface area contributed by atoms with Crippen molar-refractivity contribution >= 4 is 23.2 Å². The van der Waals surface area contributed by atoms with Gasteiger partial charge >= 0.3 is 0 Å². The van der Waals surface area contributed by atoms with Crippen molar-refractivity contribution in [2.24, 2.45) is 11.7 Å². The molecule has 4 rings (SSSR count). The predicted molar refractivity (Wildman–Crippen MR) is 102 cm³/mol. The van der Waals surface area contributed by atoms with Crippen LogP contribution >= 0.6 is 11.6 Å². The van der Waals surface area contributed by atoms with Gasteiger partial charge in [0.15, 0.2) is 5.78 Å². The number of hydrogen-bond acceptors (Lipinski definition) is 3. The number of fused-ring (bicyclic) bond motifs is 1. The van der Waals surface area contributed by atoms with E-state index < -0.39 is 0 Å². The van der Waals surface area contributed by atoms with Gasteiger partial charge in [0.2, 0.25) is 5.78 Å². The third-order valence-electron chi connectivity index (χ3n) is 5.67. The number of hydrogen-bond donors (Lipinski definition) is 1. The van der Waals surface area contributed by atoms with E-state index >= 15 is 0 Å². The molecule has 0 saturated heterocycles. The number of benzene rings is 2. The summed E-state index contributed by atoms with van der Waals surface area (Å²) in [6, 6.07) is 14.9. The molecule has 2 aliphatic rings. The Morgan fingerprint density at radius 1 is 0.769 bits per heavy atom. The molecule has 0 spiro atoms. The summed E-state index contributed by atoms with van der Waals surface area (Å²) < 4.78 is 0. The highest BCUT2D eigenvalue weighted by atomic mass is 35.5. The highest BCUT2D eigenvalue weighted by Gasteiger charge is 2.36. The average molecular weight is 366 g/mol. The van der Waals surface area contributed by atoms with Crippen molar-refractivity contribution in [3.8, 4) is 0 Å². The van der Waals surface area contributed by atoms with Crippen LogP contribution in [-0.4, -0.2) is 11.6 Å². The summed E-state index contributed by atoms with van der Waals surface area (Å²) in [5.74, 6) is 0.234. The molecule has 4 heteroatoms. The van der Waals surface area contributed by atoms with Crippen molar-refractivity contribution < 1.29 is 9.59 Å². The molecule has 0 bridgehead atoms. The average Bonchev–Trinajstić information content (AvgIpc) is 2.68. The summed E-state index contributed by atoms with van der Waals surface area (Å²) in [5, 5.41) is 0.741. The molecular formula is C22H20ClNO2. The van der Waals surface area contributed by atoms with Crippen LogP contribution in [0.3, 0.4) is 0 Å². The van der Waals surface area contributed by atoms with Crippen molar-refractivity contribution in [2.45, 2.75) is 31.6 Å². The standard InChI is InChI=1S/C22H20ClNO2/c23-16-11-9-14(10-12-16)13-5-7-15(8-6-13)19-20(24)22(26)18-4-2-1-3-17(18)21(19)25/h1-4,9-13,15H,5-8,24H2/t13-,15-. The van der Waals surface area contributed by atoms with Crippen molar-refractivity contribution in [3.05, 3.63) is 81.5 Å². The Morgan fingerprint density at radius 2 is 1.31 bits per heavy atom. The molecule has 0 aliphatic heterocycles. The summed E-state index contributed by atoms with van der Waals surface area (Å²) in [5.41, 5.74) is 8.98. The molecule has 0 atom stereocenters. The van der Waals surface area contributed by atoms with Gasteiger partial charge in [-0.25, -0.2) is 0 Å². The molecule has 132 valence electrons. The summed E-state index contributed by atoms with van der Waals surface area (Å²) in [6.07, 6.45) is 3.69. The Bertz CT molecular complexity index is 906. The van der Waals surface area contributed by atoms with E-state index in [9.17, 15) is 9.59 Å². The molecule has 0 heterocycles. The lowest BCUT2D eigenvalue weighted by Crippen LogP contribution is -2.31. The lowest BCUT2D eigenvalue weighted by atomic mass is 9.72. The molecule has 3 nitrogen and oxygen atoms in total. The fourth-order valence-electron chi connectivity index (χ4n) is 4.27. The molecule has 2 aromatic carbocycles. The normalized spacial score (nSPS) is 23.1. The van der Waals surface area contributed by atoms with Crippen molar-refractivity contribution in [1.29, 1.82) is 0 Å². The van der Waals surface area contributed by atoms with Gasteiger partial charge < -0.3 is 5.73 Å². The number of ketones is 2. The van der Waals surface area contributed by atoms with Crippen LogP contribution < -0.4 is 5.73 Å². The van der Waals surface area contributed by atoms with Gasteiger partial charge in [-0.3, -0.25) is 9.59 Å². The maximum atomic E-state index is 13.0. The maximum absolute atomic E-state index is 13.0. The number of Topliss-reactive ketones (excluding diaryl/α,β-unsaturated/α-hetero) is 2. The van der Waals surface area contributed by atoms with E-state index in [-0.39, 0.29) is 23.2 Å². The van der Waals surface area contributed by atoms with Gasteiger partial charge in [-0.05, 0) is 55.2 Å². The fraction of sp³-hybridized carbons (Fsp3) is 0.273. The molecule has 0 radical (unpaired) electrons. The van der Waals surface area contributed by atoms with Crippen molar-refractivity contribution in [2.75, 3.05) is 0 Å². The quantitative estimate of drug-likeness (QED) is 0.822. The van der Waals surface area contributed by atoms with Crippen LogP contribution in [0.5, 0.6) is 0 Å². The van der Waals surface area contributed by atoms with E-state index in [1.165, 1.54) is 5.56 Å². The Hall–Kier alpha value is -2.39. The lowest BCUT2D eigenvalue weighted by Gasteiger charge is -2.32. The van der Waals surface area contributed by atoms with E-state index in [0.29, 0.717) is 22.6 Å². The van der Waals surface area contributed by atoms with Crippen LogP contribution in [0.2, 0.25) is 5.02 Å². The molecule has 0 aromatic heterocycles. The maximum Gasteiger partial charge on any atom is 0.209 e. The molecule has 2 aliphatic carbocycles. The SMILES string of the molecule is NC1=C([C@H]2CC[C@H](c3ccc(Cl)cc3)CC2)C(=O)c2ccccc2C1=O. The molecule has 1 fully saturated rings. The van der Waals surface area contributed by atoms with Gasteiger partial charge in [-0.2, -0.15) is 0 Å². The Balaban J connectivity index is 1.56. The second-order valence-electron chi connectivity index (χ2n) is 7.13. The fourth-order valence-corrected chi connectivity index (χ4v) is 4.40. The minimum absolute atomic E-state index is 0.0587. The molecule has 0 amide bonds. The van der Waals surface area contributed by atoms with Gasteiger partial charge in [0.1, 0.15) is 0 Å². The number of nitrogens with two attached hydrogens (primary N) is 1. The van der Waals surface area contributed by atoms with Crippen LogP contribution in [0, 0.1) is 5.92 Å². The van der Waals surface area contributed by atoms with Crippen LogP contribution in [-0.2, 0) is 0 Å². The largest absolute Gasteiger partial charge is 0.395 e. The number of halogens is 1. The van der Waals surface area contributed by atoms with Crippen molar-refractivity contribution in [1.82, 2.24) is 0 Å². The van der Waals surface area contributed by atoms with E-state index in [4.69, 9.17) is 17.3 Å². The van der Waals surface area contributed by atoms with E-state index in [0.717, 1.165) is 30.7 Å². The lowest BCUT2D eigenvalue weighted by molar-refractivity contribution is 0.0959. The molecule has 2 N–H and O–H groups in total. The monoisotopic (exact) mass is 365 g/mol. The highest BCUT2D eigenvalue weighted by molar-refractivity contribution is 6.30. The molecule has 1 saturated carbocycles. The first-order valence-electron chi connectivity index (χ1n) is 8.99. The summed E-state index contributed by atoms with van der Waals surface area (Å²) in [6.45, 7) is 0. The summed E-state index contributed by atoms with van der Waals surface area (Å²) in [7, 11) is 0. The third-order valence-corrected chi connectivity index (χ3v) is 5.92. The first kappa shape index (κ1) is 17.0. The Kier molecular flexibility index (Phi) is 4.41. The first-order chi connectivity index (χ1) is 12.6. The topological polar surface area (TPSA) is 60.2 Å². The molecule has 2 aromatic rings. The third kappa shape index (κ3) is 2.86. The summed E-state index contributed by atoms with van der Waals surface area (Å²) in [4.78, 5) is 25.5. The zero-order valence-electron chi connectivity index (χ0n) is 14.4. The van der Waals surface area contributed by atoms with Crippen LogP contribution in [0.25, 0.3) is 0 Å². The van der Waals surface area contributed by atoms with E-state index in [1.54, 1.807) is 24.3 Å². The number of allylic oxidation sites excluding steroid dienone is 2. The van der Waals surface area contributed by atoms with Gasteiger partial charge in [0.05, 0.1) is 5.70 Å². The molecular weight excluding hydrogens is 346 g/mol. The number of rotatable bonds is 2. The highest BCUT2D eigenvalue weighted by Crippen LogP contribution is 2.41. The number of carbonyl (C=O) groups excluding carboxylic acids is 2. The van der Waals surface area contributed by atoms with Crippen LogP contribution in [0.15, 0.2) is 59.8 Å². The van der Waals surface area contributed by atoms with Crippen molar-refractivity contribution in [3.63, 3.8) is 0 Å². The van der Waals surface area contributed by atoms with E-state index in [2.05, 4.69) is 12.1 Å². The molecule has 26 heavy (non-hydrogen) atoms. The Morgan fingerprint density at radius 3 is 1.92 bits per heavy atom. The van der Waals surface area contributed by atoms with Crippen LogP contribution in [0.1, 0.15) is 57.9 Å². The zero-order chi connectivity index (χ0) is 18.3. The predicted octanol–water partition coefficient (Wildman–Crippen LogP) is 4.91. The minimum atomic E-state index is -0.213. The molecule has 0 unspecified atom stereocenters.